The Bertz CT molecular complexity index is 352. The Balaban J connectivity index is 1.95. The molecule has 1 aromatic rings. The molecule has 0 heterocycles. The molecule has 1 rings (SSSR count). The van der Waals surface area contributed by atoms with Gasteiger partial charge in [0.2, 0.25) is 0 Å². The minimum Gasteiger partial charge on any atom is -0.331 e. The van der Waals surface area contributed by atoms with Gasteiger partial charge in [-0.25, -0.2) is 0 Å². The molecule has 0 aromatic heterocycles. The molecule has 0 unspecified atom stereocenters. The number of benzene rings is 1. The summed E-state index contributed by atoms with van der Waals surface area (Å²) < 4.78 is 15.9. The van der Waals surface area contributed by atoms with Crippen LogP contribution in [-0.2, 0) is 20.6 Å². The molecule has 0 bridgehead atoms. The topological polar surface area (TPSA) is 27.7 Å². The molecule has 0 atom stereocenters. The van der Waals surface area contributed by atoms with Gasteiger partial charge >= 0.3 is 0 Å². The van der Waals surface area contributed by atoms with Crippen LogP contribution in [0.5, 0.6) is 0 Å². The average molecular weight is 308 g/mol. The highest BCUT2D eigenvalue weighted by molar-refractivity contribution is 5.14. The molecule has 0 saturated heterocycles. The maximum atomic E-state index is 5.29. The SMILES string of the molecule is COC(CCCCCCCCCc1ccccc1)(OC)OC. The first-order chi connectivity index (χ1) is 10.8. The third-order valence-corrected chi connectivity index (χ3v) is 4.22. The lowest BCUT2D eigenvalue weighted by Crippen LogP contribution is -2.35. The Kier molecular flexibility index (Phi) is 10.1. The fraction of sp³-hybridized carbons (Fsp3) is 0.684. The maximum Gasteiger partial charge on any atom is 0.282 e. The van der Waals surface area contributed by atoms with Crippen LogP contribution in [-0.4, -0.2) is 27.3 Å². The van der Waals surface area contributed by atoms with Gasteiger partial charge in [0.15, 0.2) is 0 Å². The van der Waals surface area contributed by atoms with Crippen molar-refractivity contribution in [1.82, 2.24) is 0 Å². The number of hydrogen-bond donors (Lipinski definition) is 0. The zero-order chi connectivity index (χ0) is 16.1. The van der Waals surface area contributed by atoms with Crippen LogP contribution in [0.4, 0.5) is 0 Å². The molecule has 0 aliphatic carbocycles. The van der Waals surface area contributed by atoms with Gasteiger partial charge in [-0.2, -0.15) is 0 Å². The van der Waals surface area contributed by atoms with Gasteiger partial charge in [0.25, 0.3) is 5.97 Å². The lowest BCUT2D eigenvalue weighted by molar-refractivity contribution is -0.355. The highest BCUT2D eigenvalue weighted by Crippen LogP contribution is 2.21. The van der Waals surface area contributed by atoms with Crippen molar-refractivity contribution in [2.24, 2.45) is 0 Å². The zero-order valence-electron chi connectivity index (χ0n) is 14.5. The van der Waals surface area contributed by atoms with E-state index in [1.165, 1.54) is 50.5 Å². The van der Waals surface area contributed by atoms with Gasteiger partial charge < -0.3 is 14.2 Å². The Morgan fingerprint density at radius 1 is 0.682 bits per heavy atom. The van der Waals surface area contributed by atoms with Crippen molar-refractivity contribution in [1.29, 1.82) is 0 Å². The van der Waals surface area contributed by atoms with Gasteiger partial charge in [0.1, 0.15) is 0 Å². The average Bonchev–Trinajstić information content (AvgIpc) is 2.58. The Hall–Kier alpha value is -0.900. The third-order valence-electron chi connectivity index (χ3n) is 4.22. The number of ether oxygens (including phenoxy) is 3. The molecule has 0 saturated carbocycles. The van der Waals surface area contributed by atoms with Crippen LogP contribution in [0.2, 0.25) is 0 Å². The van der Waals surface area contributed by atoms with Crippen LogP contribution in [0.3, 0.4) is 0 Å². The molecule has 0 fully saturated rings. The summed E-state index contributed by atoms with van der Waals surface area (Å²) in [6.45, 7) is 0. The summed E-state index contributed by atoms with van der Waals surface area (Å²) in [6.07, 6.45) is 10.8. The fourth-order valence-corrected chi connectivity index (χ4v) is 2.76. The highest BCUT2D eigenvalue weighted by atomic mass is 16.9. The third kappa shape index (κ3) is 7.39. The molecule has 0 N–H and O–H groups in total. The van der Waals surface area contributed by atoms with Gasteiger partial charge in [-0.15, -0.1) is 0 Å². The van der Waals surface area contributed by atoms with Gasteiger partial charge in [-0.3, -0.25) is 0 Å². The van der Waals surface area contributed by atoms with E-state index in [1.54, 1.807) is 21.3 Å². The summed E-state index contributed by atoms with van der Waals surface area (Å²) in [5, 5.41) is 0. The quantitative estimate of drug-likeness (QED) is 0.381. The van der Waals surface area contributed by atoms with Crippen molar-refractivity contribution in [3.8, 4) is 0 Å². The van der Waals surface area contributed by atoms with E-state index in [1.807, 2.05) is 0 Å². The van der Waals surface area contributed by atoms with Crippen LogP contribution in [0.15, 0.2) is 30.3 Å². The van der Waals surface area contributed by atoms with Gasteiger partial charge in [0, 0.05) is 27.8 Å². The van der Waals surface area contributed by atoms with Crippen molar-refractivity contribution < 1.29 is 14.2 Å². The van der Waals surface area contributed by atoms with Gasteiger partial charge in [0.05, 0.1) is 0 Å². The number of hydrogen-bond acceptors (Lipinski definition) is 3. The smallest absolute Gasteiger partial charge is 0.282 e. The normalized spacial score (nSPS) is 11.8. The summed E-state index contributed by atoms with van der Waals surface area (Å²) in [6, 6.07) is 10.8. The number of methoxy groups -OCH3 is 3. The molecule has 0 aliphatic heterocycles. The largest absolute Gasteiger partial charge is 0.331 e. The molecular formula is C19H32O3. The molecule has 0 amide bonds. The molecule has 126 valence electrons. The van der Waals surface area contributed by atoms with Crippen molar-refractivity contribution >= 4 is 0 Å². The molecular weight excluding hydrogens is 276 g/mol. The molecule has 22 heavy (non-hydrogen) atoms. The fourth-order valence-electron chi connectivity index (χ4n) is 2.76. The minimum atomic E-state index is -0.852. The van der Waals surface area contributed by atoms with Crippen LogP contribution >= 0.6 is 0 Å². The van der Waals surface area contributed by atoms with Crippen LogP contribution in [0, 0.1) is 0 Å². The zero-order valence-corrected chi connectivity index (χ0v) is 14.5. The van der Waals surface area contributed by atoms with Crippen molar-refractivity contribution in [3.63, 3.8) is 0 Å². The number of unbranched alkanes of at least 4 members (excludes halogenated alkanes) is 6. The lowest BCUT2D eigenvalue weighted by Gasteiger charge is -2.28. The molecule has 0 spiro atoms. The highest BCUT2D eigenvalue weighted by Gasteiger charge is 2.28. The summed E-state index contributed by atoms with van der Waals surface area (Å²) in [5.74, 6) is -0.852. The predicted molar refractivity (Wildman–Crippen MR) is 90.8 cm³/mol. The molecule has 0 radical (unpaired) electrons. The second kappa shape index (κ2) is 11.6. The summed E-state index contributed by atoms with van der Waals surface area (Å²) in [7, 11) is 4.87. The molecule has 1 aromatic carbocycles. The maximum absolute atomic E-state index is 5.29. The molecule has 3 heteroatoms. The van der Waals surface area contributed by atoms with E-state index in [-0.39, 0.29) is 0 Å². The second-order valence-electron chi connectivity index (χ2n) is 5.76. The first-order valence-electron chi connectivity index (χ1n) is 8.45. The van der Waals surface area contributed by atoms with Crippen LogP contribution in [0.25, 0.3) is 0 Å². The van der Waals surface area contributed by atoms with Crippen molar-refractivity contribution in [2.75, 3.05) is 21.3 Å². The van der Waals surface area contributed by atoms with E-state index in [0.29, 0.717) is 0 Å². The number of rotatable bonds is 13. The summed E-state index contributed by atoms with van der Waals surface area (Å²) in [5.41, 5.74) is 1.46. The van der Waals surface area contributed by atoms with Crippen molar-refractivity contribution in [2.45, 2.75) is 63.8 Å². The summed E-state index contributed by atoms with van der Waals surface area (Å²) >= 11 is 0. The van der Waals surface area contributed by atoms with Gasteiger partial charge in [-0.1, -0.05) is 62.4 Å². The minimum absolute atomic E-state index is 0.782. The van der Waals surface area contributed by atoms with E-state index in [2.05, 4.69) is 30.3 Å². The van der Waals surface area contributed by atoms with Crippen LogP contribution in [0.1, 0.15) is 56.9 Å². The standard InChI is InChI=1S/C19H32O3/c1-20-19(21-2,22-3)17-13-8-6-4-5-7-10-14-18-15-11-9-12-16-18/h9,11-12,15-16H,4-8,10,13-14,17H2,1-3H3. The first-order valence-corrected chi connectivity index (χ1v) is 8.45. The summed E-state index contributed by atoms with van der Waals surface area (Å²) in [4.78, 5) is 0. The van der Waals surface area contributed by atoms with E-state index < -0.39 is 5.97 Å². The predicted octanol–water partition coefficient (Wildman–Crippen LogP) is 4.94. The first kappa shape index (κ1) is 19.1. The van der Waals surface area contributed by atoms with E-state index >= 15 is 0 Å². The Labute approximate surface area is 136 Å². The second-order valence-corrected chi connectivity index (χ2v) is 5.76. The van der Waals surface area contributed by atoms with Crippen LogP contribution < -0.4 is 0 Å². The van der Waals surface area contributed by atoms with Gasteiger partial charge in [-0.05, 0) is 24.8 Å². The van der Waals surface area contributed by atoms with E-state index in [0.717, 1.165) is 12.8 Å². The van der Waals surface area contributed by atoms with Crippen molar-refractivity contribution in [3.05, 3.63) is 35.9 Å². The lowest BCUT2D eigenvalue weighted by atomic mass is 10.0. The monoisotopic (exact) mass is 308 g/mol. The molecule has 0 aliphatic rings. The number of aryl methyl sites for hydroxylation is 1. The molecule has 3 nitrogen and oxygen atoms in total. The Morgan fingerprint density at radius 3 is 1.73 bits per heavy atom. The van der Waals surface area contributed by atoms with E-state index in [4.69, 9.17) is 14.2 Å². The van der Waals surface area contributed by atoms with E-state index in [9.17, 15) is 0 Å². The Morgan fingerprint density at radius 2 is 1.18 bits per heavy atom.